The second-order valence-corrected chi connectivity index (χ2v) is 7.01. The van der Waals surface area contributed by atoms with E-state index in [0.29, 0.717) is 39.2 Å². The lowest BCUT2D eigenvalue weighted by atomic mass is 10.2. The van der Waals surface area contributed by atoms with E-state index in [0.717, 1.165) is 5.69 Å². The first-order valence-corrected chi connectivity index (χ1v) is 9.73. The van der Waals surface area contributed by atoms with Crippen molar-refractivity contribution in [2.24, 2.45) is 0 Å². The van der Waals surface area contributed by atoms with Crippen LogP contribution in [0.1, 0.15) is 21.7 Å². The molecule has 3 aromatic rings. The number of aromatic nitrogens is 2. The number of nitrogens with zero attached hydrogens (tertiary/aromatic N) is 2. The average Bonchev–Trinajstić information content (AvgIpc) is 3.07. The highest BCUT2D eigenvalue weighted by Gasteiger charge is 2.22. The Balaban J connectivity index is 1.71. The number of carbonyl (C=O) groups excluding carboxylic acids is 2. The molecule has 1 heterocycles. The van der Waals surface area contributed by atoms with Crippen molar-refractivity contribution in [2.45, 2.75) is 13.8 Å². The molecule has 8 nitrogen and oxygen atoms in total. The summed E-state index contributed by atoms with van der Waals surface area (Å²) in [6.45, 7) is 3.00. The third-order valence-corrected chi connectivity index (χ3v) is 4.87. The molecular formula is C22H22ClN3O5. The van der Waals surface area contributed by atoms with Crippen LogP contribution in [-0.4, -0.2) is 42.5 Å². The Hall–Kier alpha value is -3.52. The summed E-state index contributed by atoms with van der Waals surface area (Å²) in [4.78, 5) is 25.0. The van der Waals surface area contributed by atoms with Crippen LogP contribution in [0.15, 0.2) is 42.5 Å². The molecule has 0 saturated carbocycles. The molecule has 0 aliphatic rings. The van der Waals surface area contributed by atoms with E-state index >= 15 is 0 Å². The maximum absolute atomic E-state index is 12.6. The average molecular weight is 444 g/mol. The number of halogens is 1. The molecule has 9 heteroatoms. The number of nitrogens with one attached hydrogen (secondary N) is 1. The molecular weight excluding hydrogens is 422 g/mol. The predicted octanol–water partition coefficient (Wildman–Crippen LogP) is 3.96. The van der Waals surface area contributed by atoms with Crippen molar-refractivity contribution in [1.29, 1.82) is 0 Å². The molecule has 0 unspecified atom stereocenters. The monoisotopic (exact) mass is 443 g/mol. The van der Waals surface area contributed by atoms with Crippen LogP contribution >= 0.6 is 11.6 Å². The number of aryl methyl sites for hydroxylation is 1. The number of ether oxygens (including phenoxy) is 3. The highest BCUT2D eigenvalue weighted by molar-refractivity contribution is 6.32. The van der Waals surface area contributed by atoms with Gasteiger partial charge in [0.25, 0.3) is 5.91 Å². The molecule has 1 amide bonds. The van der Waals surface area contributed by atoms with Crippen LogP contribution in [-0.2, 0) is 9.53 Å². The smallest absolute Gasteiger partial charge is 0.342 e. The third kappa shape index (κ3) is 4.80. The number of anilines is 1. The molecule has 1 N–H and O–H groups in total. The van der Waals surface area contributed by atoms with Crippen molar-refractivity contribution < 1.29 is 23.8 Å². The maximum Gasteiger partial charge on any atom is 0.342 e. The van der Waals surface area contributed by atoms with Crippen LogP contribution in [0.4, 0.5) is 5.69 Å². The molecule has 1 aromatic heterocycles. The highest BCUT2D eigenvalue weighted by Crippen LogP contribution is 2.35. The van der Waals surface area contributed by atoms with E-state index < -0.39 is 18.5 Å². The zero-order chi connectivity index (χ0) is 22.5. The quantitative estimate of drug-likeness (QED) is 0.556. The first-order chi connectivity index (χ1) is 14.8. The van der Waals surface area contributed by atoms with Crippen molar-refractivity contribution >= 4 is 29.2 Å². The van der Waals surface area contributed by atoms with Crippen LogP contribution in [0.25, 0.3) is 5.69 Å². The predicted molar refractivity (Wildman–Crippen MR) is 117 cm³/mol. The van der Waals surface area contributed by atoms with E-state index in [1.54, 1.807) is 18.5 Å². The standard InChI is InChI=1S/C22H22ClN3O5/c1-13-21(14(2)26(25-13)15-8-6-5-7-9-15)22(28)31-12-20(27)24-17-11-18(29-3)16(23)10-19(17)30-4/h5-11H,12H2,1-4H3,(H,24,27). The molecule has 162 valence electrons. The lowest BCUT2D eigenvalue weighted by Crippen LogP contribution is -2.21. The number of benzene rings is 2. The molecule has 3 rings (SSSR count). The number of hydrogen-bond acceptors (Lipinski definition) is 6. The topological polar surface area (TPSA) is 91.7 Å². The van der Waals surface area contributed by atoms with Gasteiger partial charge in [-0.2, -0.15) is 5.10 Å². The van der Waals surface area contributed by atoms with Crippen LogP contribution in [0.3, 0.4) is 0 Å². The molecule has 31 heavy (non-hydrogen) atoms. The van der Waals surface area contributed by atoms with Crippen LogP contribution in [0, 0.1) is 13.8 Å². The fourth-order valence-electron chi connectivity index (χ4n) is 3.11. The highest BCUT2D eigenvalue weighted by atomic mass is 35.5. The second kappa shape index (κ2) is 9.53. The lowest BCUT2D eigenvalue weighted by molar-refractivity contribution is -0.119. The zero-order valence-electron chi connectivity index (χ0n) is 17.6. The number of para-hydroxylation sites is 1. The molecule has 0 saturated heterocycles. The van der Waals surface area contributed by atoms with E-state index in [2.05, 4.69) is 10.4 Å². The Bertz CT molecular complexity index is 1110. The number of rotatable bonds is 7. The molecule has 0 aliphatic heterocycles. The van der Waals surface area contributed by atoms with Gasteiger partial charge in [-0.1, -0.05) is 29.8 Å². The largest absolute Gasteiger partial charge is 0.495 e. The number of amides is 1. The van der Waals surface area contributed by atoms with Crippen molar-refractivity contribution in [3.8, 4) is 17.2 Å². The fourth-order valence-corrected chi connectivity index (χ4v) is 3.34. The van der Waals surface area contributed by atoms with Gasteiger partial charge >= 0.3 is 5.97 Å². The van der Waals surface area contributed by atoms with Gasteiger partial charge in [-0.25, -0.2) is 9.48 Å². The maximum atomic E-state index is 12.6. The van der Waals surface area contributed by atoms with E-state index in [1.807, 2.05) is 30.3 Å². The van der Waals surface area contributed by atoms with Crippen molar-refractivity contribution in [3.05, 3.63) is 64.4 Å². The van der Waals surface area contributed by atoms with Gasteiger partial charge in [0.1, 0.15) is 17.1 Å². The van der Waals surface area contributed by atoms with Gasteiger partial charge in [0, 0.05) is 12.1 Å². The first-order valence-electron chi connectivity index (χ1n) is 9.35. The molecule has 0 fully saturated rings. The van der Waals surface area contributed by atoms with Gasteiger partial charge in [-0.3, -0.25) is 4.79 Å². The Morgan fingerprint density at radius 1 is 1.06 bits per heavy atom. The summed E-state index contributed by atoms with van der Waals surface area (Å²) in [5.41, 5.74) is 2.62. The summed E-state index contributed by atoms with van der Waals surface area (Å²) in [5.74, 6) is -0.453. The van der Waals surface area contributed by atoms with Crippen molar-refractivity contribution in [2.75, 3.05) is 26.1 Å². The van der Waals surface area contributed by atoms with Gasteiger partial charge in [0.05, 0.1) is 42.0 Å². The van der Waals surface area contributed by atoms with Gasteiger partial charge < -0.3 is 19.5 Å². The van der Waals surface area contributed by atoms with Gasteiger partial charge in [-0.05, 0) is 26.0 Å². The molecule has 0 bridgehead atoms. The minimum absolute atomic E-state index is 0.322. The summed E-state index contributed by atoms with van der Waals surface area (Å²) in [5, 5.41) is 7.39. The van der Waals surface area contributed by atoms with Crippen LogP contribution in [0.5, 0.6) is 11.5 Å². The zero-order valence-corrected chi connectivity index (χ0v) is 18.3. The van der Waals surface area contributed by atoms with Crippen molar-refractivity contribution in [3.63, 3.8) is 0 Å². The molecule has 0 atom stereocenters. The summed E-state index contributed by atoms with van der Waals surface area (Å²) >= 11 is 6.07. The molecule has 0 aliphatic carbocycles. The summed E-state index contributed by atoms with van der Waals surface area (Å²) < 4.78 is 17.3. The number of methoxy groups -OCH3 is 2. The minimum Gasteiger partial charge on any atom is -0.495 e. The van der Waals surface area contributed by atoms with Crippen LogP contribution in [0.2, 0.25) is 5.02 Å². The first kappa shape index (κ1) is 22.2. The van der Waals surface area contributed by atoms with E-state index in [-0.39, 0.29) is 0 Å². The Morgan fingerprint density at radius 3 is 2.39 bits per heavy atom. The SMILES string of the molecule is COc1cc(NC(=O)COC(=O)c2c(C)nn(-c3ccccc3)c2C)c(OC)cc1Cl. The molecule has 0 spiro atoms. The van der Waals surface area contributed by atoms with Gasteiger partial charge in [0.2, 0.25) is 0 Å². The molecule has 0 radical (unpaired) electrons. The van der Waals surface area contributed by atoms with Gasteiger partial charge in [-0.15, -0.1) is 0 Å². The fraction of sp³-hybridized carbons (Fsp3) is 0.227. The number of esters is 1. The summed E-state index contributed by atoms with van der Waals surface area (Å²) in [6.07, 6.45) is 0. The second-order valence-electron chi connectivity index (χ2n) is 6.60. The normalized spacial score (nSPS) is 10.5. The summed E-state index contributed by atoms with van der Waals surface area (Å²) in [7, 11) is 2.91. The van der Waals surface area contributed by atoms with Crippen molar-refractivity contribution in [1.82, 2.24) is 9.78 Å². The van der Waals surface area contributed by atoms with Crippen LogP contribution < -0.4 is 14.8 Å². The molecule has 2 aromatic carbocycles. The Morgan fingerprint density at radius 2 is 1.74 bits per heavy atom. The minimum atomic E-state index is -0.631. The third-order valence-electron chi connectivity index (χ3n) is 4.58. The van der Waals surface area contributed by atoms with Gasteiger partial charge in [0.15, 0.2) is 6.61 Å². The van der Waals surface area contributed by atoms with E-state index in [9.17, 15) is 9.59 Å². The lowest BCUT2D eigenvalue weighted by Gasteiger charge is -2.13. The number of carbonyl (C=O) groups is 2. The Kier molecular flexibility index (Phi) is 6.81. The van der Waals surface area contributed by atoms with E-state index in [1.165, 1.54) is 26.4 Å². The van der Waals surface area contributed by atoms with E-state index in [4.69, 9.17) is 25.8 Å². The summed E-state index contributed by atoms with van der Waals surface area (Å²) in [6, 6.07) is 12.5. The number of hydrogen-bond donors (Lipinski definition) is 1. The Labute approximate surface area is 184 Å².